The highest BCUT2D eigenvalue weighted by Gasteiger charge is 2.28. The standard InChI is InChI=1S/C14H21N5O/c20-13(12-4-1-2-5-15-12)18-8-10-19(11-9-18)14-16-6-3-7-17-14/h3,6-7,12,15H,1-2,4-5,8-11H2/t12-/m1/s1. The molecule has 3 heterocycles. The Hall–Kier alpha value is -1.69. The minimum atomic E-state index is 0.0308. The maximum absolute atomic E-state index is 12.4. The van der Waals surface area contributed by atoms with Gasteiger partial charge in [-0.05, 0) is 25.5 Å². The molecule has 1 atom stereocenters. The second-order valence-electron chi connectivity index (χ2n) is 5.36. The molecule has 2 aliphatic rings. The van der Waals surface area contributed by atoms with Crippen molar-refractivity contribution in [1.82, 2.24) is 20.2 Å². The molecule has 20 heavy (non-hydrogen) atoms. The van der Waals surface area contributed by atoms with Crippen LogP contribution in [-0.2, 0) is 4.79 Å². The number of piperidine rings is 1. The van der Waals surface area contributed by atoms with Gasteiger partial charge in [0.2, 0.25) is 11.9 Å². The van der Waals surface area contributed by atoms with Crippen LogP contribution in [0.3, 0.4) is 0 Å². The second kappa shape index (κ2) is 6.17. The molecule has 3 rings (SSSR count). The van der Waals surface area contributed by atoms with Gasteiger partial charge in [-0.1, -0.05) is 6.42 Å². The first-order chi connectivity index (χ1) is 9.84. The van der Waals surface area contributed by atoms with Crippen molar-refractivity contribution in [3.05, 3.63) is 18.5 Å². The first kappa shape index (κ1) is 13.3. The Labute approximate surface area is 119 Å². The van der Waals surface area contributed by atoms with E-state index in [0.29, 0.717) is 0 Å². The predicted octanol–water partition coefficient (Wildman–Crippen LogP) is 0.267. The number of aromatic nitrogens is 2. The summed E-state index contributed by atoms with van der Waals surface area (Å²) in [6.07, 6.45) is 6.82. The molecule has 0 aliphatic carbocycles. The number of piperazine rings is 1. The van der Waals surface area contributed by atoms with Gasteiger partial charge < -0.3 is 15.1 Å². The Bertz CT molecular complexity index is 438. The van der Waals surface area contributed by atoms with Crippen LogP contribution in [0.2, 0.25) is 0 Å². The summed E-state index contributed by atoms with van der Waals surface area (Å²) in [5, 5.41) is 3.33. The number of amides is 1. The van der Waals surface area contributed by atoms with Crippen LogP contribution < -0.4 is 10.2 Å². The molecular formula is C14H21N5O. The van der Waals surface area contributed by atoms with E-state index in [9.17, 15) is 4.79 Å². The largest absolute Gasteiger partial charge is 0.338 e. The van der Waals surface area contributed by atoms with E-state index < -0.39 is 0 Å². The lowest BCUT2D eigenvalue weighted by atomic mass is 10.0. The smallest absolute Gasteiger partial charge is 0.239 e. The molecule has 1 aromatic heterocycles. The zero-order valence-electron chi connectivity index (χ0n) is 11.7. The lowest BCUT2D eigenvalue weighted by Crippen LogP contribution is -2.55. The van der Waals surface area contributed by atoms with E-state index in [1.165, 1.54) is 6.42 Å². The van der Waals surface area contributed by atoms with E-state index >= 15 is 0 Å². The van der Waals surface area contributed by atoms with Crippen LogP contribution in [0.15, 0.2) is 18.5 Å². The molecule has 0 spiro atoms. The van der Waals surface area contributed by atoms with Crippen LogP contribution >= 0.6 is 0 Å². The zero-order chi connectivity index (χ0) is 13.8. The fraction of sp³-hybridized carbons (Fsp3) is 0.643. The molecule has 0 bridgehead atoms. The van der Waals surface area contributed by atoms with Gasteiger partial charge in [0.1, 0.15) is 0 Å². The molecule has 1 amide bonds. The van der Waals surface area contributed by atoms with Crippen LogP contribution in [-0.4, -0.2) is 59.5 Å². The first-order valence-electron chi connectivity index (χ1n) is 7.39. The normalized spacial score (nSPS) is 23.7. The van der Waals surface area contributed by atoms with Gasteiger partial charge in [-0.2, -0.15) is 0 Å². The van der Waals surface area contributed by atoms with Crippen molar-refractivity contribution in [3.63, 3.8) is 0 Å². The highest BCUT2D eigenvalue weighted by atomic mass is 16.2. The van der Waals surface area contributed by atoms with Crippen molar-refractivity contribution in [3.8, 4) is 0 Å². The van der Waals surface area contributed by atoms with Gasteiger partial charge in [-0.25, -0.2) is 9.97 Å². The monoisotopic (exact) mass is 275 g/mol. The van der Waals surface area contributed by atoms with E-state index in [2.05, 4.69) is 20.2 Å². The summed E-state index contributed by atoms with van der Waals surface area (Å²) >= 11 is 0. The molecule has 0 aromatic carbocycles. The molecular weight excluding hydrogens is 254 g/mol. The lowest BCUT2D eigenvalue weighted by Gasteiger charge is -2.37. The van der Waals surface area contributed by atoms with Crippen molar-refractivity contribution in [2.75, 3.05) is 37.6 Å². The van der Waals surface area contributed by atoms with Gasteiger partial charge in [-0.3, -0.25) is 4.79 Å². The number of nitrogens with one attached hydrogen (secondary N) is 1. The van der Waals surface area contributed by atoms with Gasteiger partial charge in [0.25, 0.3) is 0 Å². The van der Waals surface area contributed by atoms with E-state index in [0.717, 1.165) is 51.5 Å². The first-order valence-corrected chi connectivity index (χ1v) is 7.39. The molecule has 6 heteroatoms. The number of carbonyl (C=O) groups excluding carboxylic acids is 1. The Morgan fingerprint density at radius 1 is 1.15 bits per heavy atom. The number of rotatable bonds is 2. The molecule has 2 saturated heterocycles. The van der Waals surface area contributed by atoms with Gasteiger partial charge in [-0.15, -0.1) is 0 Å². The number of carbonyl (C=O) groups is 1. The maximum atomic E-state index is 12.4. The van der Waals surface area contributed by atoms with Crippen molar-refractivity contribution in [2.45, 2.75) is 25.3 Å². The number of anilines is 1. The fourth-order valence-corrected chi connectivity index (χ4v) is 2.86. The minimum absolute atomic E-state index is 0.0308. The molecule has 0 unspecified atom stereocenters. The van der Waals surface area contributed by atoms with Crippen molar-refractivity contribution in [2.24, 2.45) is 0 Å². The van der Waals surface area contributed by atoms with Crippen molar-refractivity contribution in [1.29, 1.82) is 0 Å². The number of hydrogen-bond donors (Lipinski definition) is 1. The third kappa shape index (κ3) is 2.90. The van der Waals surface area contributed by atoms with Crippen LogP contribution in [0.4, 0.5) is 5.95 Å². The quantitative estimate of drug-likeness (QED) is 0.839. The van der Waals surface area contributed by atoms with E-state index in [1.54, 1.807) is 12.4 Å². The predicted molar refractivity (Wildman–Crippen MR) is 76.5 cm³/mol. The third-order valence-corrected chi connectivity index (χ3v) is 4.03. The van der Waals surface area contributed by atoms with Gasteiger partial charge in [0.15, 0.2) is 0 Å². The summed E-state index contributed by atoms with van der Waals surface area (Å²) in [7, 11) is 0. The summed E-state index contributed by atoms with van der Waals surface area (Å²) in [4.78, 5) is 25.0. The van der Waals surface area contributed by atoms with Crippen LogP contribution in [0.25, 0.3) is 0 Å². The zero-order valence-corrected chi connectivity index (χ0v) is 11.7. The summed E-state index contributed by atoms with van der Waals surface area (Å²) in [6.45, 7) is 4.10. The molecule has 0 radical (unpaired) electrons. The Morgan fingerprint density at radius 2 is 1.90 bits per heavy atom. The highest BCUT2D eigenvalue weighted by molar-refractivity contribution is 5.82. The average molecular weight is 275 g/mol. The summed E-state index contributed by atoms with van der Waals surface area (Å²) in [5.74, 6) is 1.02. The van der Waals surface area contributed by atoms with E-state index in [4.69, 9.17) is 0 Å². The Kier molecular flexibility index (Phi) is 4.11. The van der Waals surface area contributed by atoms with Crippen LogP contribution in [0.5, 0.6) is 0 Å². The number of hydrogen-bond acceptors (Lipinski definition) is 5. The minimum Gasteiger partial charge on any atom is -0.338 e. The Balaban J connectivity index is 1.54. The van der Waals surface area contributed by atoms with Crippen molar-refractivity contribution < 1.29 is 4.79 Å². The van der Waals surface area contributed by atoms with Gasteiger partial charge in [0, 0.05) is 38.6 Å². The van der Waals surface area contributed by atoms with Crippen LogP contribution in [0, 0.1) is 0 Å². The maximum Gasteiger partial charge on any atom is 0.239 e. The fourth-order valence-electron chi connectivity index (χ4n) is 2.86. The van der Waals surface area contributed by atoms with E-state index in [-0.39, 0.29) is 11.9 Å². The lowest BCUT2D eigenvalue weighted by molar-refractivity contribution is -0.134. The number of nitrogens with zero attached hydrogens (tertiary/aromatic N) is 4. The molecule has 108 valence electrons. The topological polar surface area (TPSA) is 61.4 Å². The summed E-state index contributed by atoms with van der Waals surface area (Å²) < 4.78 is 0. The molecule has 2 aliphatic heterocycles. The third-order valence-electron chi connectivity index (χ3n) is 4.03. The van der Waals surface area contributed by atoms with Gasteiger partial charge >= 0.3 is 0 Å². The van der Waals surface area contributed by atoms with Gasteiger partial charge in [0.05, 0.1) is 6.04 Å². The van der Waals surface area contributed by atoms with Crippen LogP contribution in [0.1, 0.15) is 19.3 Å². The molecule has 1 N–H and O–H groups in total. The molecule has 1 aromatic rings. The molecule has 0 saturated carbocycles. The Morgan fingerprint density at radius 3 is 2.55 bits per heavy atom. The molecule has 2 fully saturated rings. The summed E-state index contributed by atoms with van der Waals surface area (Å²) in [5.41, 5.74) is 0. The SMILES string of the molecule is O=C([C@H]1CCCCN1)N1CCN(c2ncccn2)CC1. The molecule has 6 nitrogen and oxygen atoms in total. The van der Waals surface area contributed by atoms with E-state index in [1.807, 2.05) is 11.0 Å². The average Bonchev–Trinajstić information content (AvgIpc) is 2.56. The second-order valence-corrected chi connectivity index (χ2v) is 5.36. The summed E-state index contributed by atoms with van der Waals surface area (Å²) in [6, 6.07) is 1.85. The van der Waals surface area contributed by atoms with Crippen molar-refractivity contribution >= 4 is 11.9 Å². The highest BCUT2D eigenvalue weighted by Crippen LogP contribution is 2.14.